The van der Waals surface area contributed by atoms with Crippen molar-refractivity contribution in [3.05, 3.63) is 56.6 Å². The van der Waals surface area contributed by atoms with Gasteiger partial charge in [-0.25, -0.2) is 16.8 Å². The second-order valence-corrected chi connectivity index (χ2v) is 13.3. The number of anilines is 2. The summed E-state index contributed by atoms with van der Waals surface area (Å²) in [7, 11) is -4.63. The number of nitro benzene ring substituents is 2. The fraction of sp³-hybridized carbons (Fsp3) is 0.538. The smallest absolute Gasteiger partial charge is 0.273 e. The van der Waals surface area contributed by atoms with Gasteiger partial charge < -0.3 is 9.47 Å². The van der Waals surface area contributed by atoms with E-state index in [-0.39, 0.29) is 45.8 Å². The molecule has 0 aliphatic rings. The van der Waals surface area contributed by atoms with Crippen molar-refractivity contribution in [2.24, 2.45) is 0 Å². The van der Waals surface area contributed by atoms with Crippen LogP contribution in [0.15, 0.2) is 36.4 Å². The van der Waals surface area contributed by atoms with E-state index in [1.165, 1.54) is 50.6 Å². The van der Waals surface area contributed by atoms with Gasteiger partial charge in [0.25, 0.3) is 11.4 Å². The summed E-state index contributed by atoms with van der Waals surface area (Å²) in [5, 5.41) is 21.8. The van der Waals surface area contributed by atoms with E-state index in [1.54, 1.807) is 0 Å². The summed E-state index contributed by atoms with van der Waals surface area (Å²) in [5.41, 5.74) is -0.0834. The highest BCUT2D eigenvalue weighted by molar-refractivity contribution is 7.92. The zero-order chi connectivity index (χ0) is 31.2. The van der Waals surface area contributed by atoms with E-state index in [4.69, 9.17) is 9.47 Å². The molecule has 2 N–H and O–H groups in total. The van der Waals surface area contributed by atoms with Crippen molar-refractivity contribution < 1.29 is 36.2 Å². The van der Waals surface area contributed by atoms with Crippen LogP contribution in [0.25, 0.3) is 0 Å². The Hall–Kier alpha value is -3.66. The second-order valence-electron chi connectivity index (χ2n) is 9.66. The predicted octanol–water partition coefficient (Wildman–Crippen LogP) is 5.60. The van der Waals surface area contributed by atoms with Gasteiger partial charge >= 0.3 is 0 Å². The van der Waals surface area contributed by atoms with Crippen molar-refractivity contribution >= 4 is 42.8 Å². The third-order valence-electron chi connectivity index (χ3n) is 6.40. The molecule has 0 aliphatic carbocycles. The molecule has 0 aromatic heterocycles. The standard InChI is InChI=1S/C26H38N4O10S2/c1-39-25-19-21(29(31)32)13-15-23(25)27-41(35,36)17-11-9-7-5-3-4-6-8-10-12-18-42(37,38)28-24-16-14-22(30(33)34)20-26(24)40-2/h13-16,19-20,27-28H,3-12,17-18H2,1-2H3. The average molecular weight is 631 g/mol. The number of methoxy groups -OCH3 is 2. The highest BCUT2D eigenvalue weighted by Crippen LogP contribution is 2.31. The number of ether oxygens (including phenoxy) is 2. The molecule has 16 heteroatoms. The Kier molecular flexibility index (Phi) is 13.7. The van der Waals surface area contributed by atoms with E-state index < -0.39 is 29.9 Å². The summed E-state index contributed by atoms with van der Waals surface area (Å²) < 4.78 is 64.6. The first-order chi connectivity index (χ1) is 19.9. The molecule has 0 fully saturated rings. The van der Waals surface area contributed by atoms with E-state index in [9.17, 15) is 37.1 Å². The Morgan fingerprint density at radius 2 is 0.905 bits per heavy atom. The Morgan fingerprint density at radius 1 is 0.595 bits per heavy atom. The van der Waals surface area contributed by atoms with Gasteiger partial charge in [-0.15, -0.1) is 0 Å². The van der Waals surface area contributed by atoms with Gasteiger partial charge in [0, 0.05) is 12.1 Å². The summed E-state index contributed by atoms with van der Waals surface area (Å²) >= 11 is 0. The monoisotopic (exact) mass is 630 g/mol. The molecule has 14 nitrogen and oxygen atoms in total. The first kappa shape index (κ1) is 34.5. The predicted molar refractivity (Wildman–Crippen MR) is 160 cm³/mol. The number of unbranched alkanes of at least 4 members (excludes halogenated alkanes) is 9. The molecule has 234 valence electrons. The summed E-state index contributed by atoms with van der Waals surface area (Å²) in [5.74, 6) is 0.0204. The minimum atomic E-state index is -3.63. The number of sulfonamides is 2. The van der Waals surface area contributed by atoms with Crippen molar-refractivity contribution in [2.45, 2.75) is 64.2 Å². The number of nitrogens with zero attached hydrogens (tertiary/aromatic N) is 2. The molecule has 0 heterocycles. The molecule has 0 unspecified atom stereocenters. The van der Waals surface area contributed by atoms with Crippen LogP contribution in [0.3, 0.4) is 0 Å². The topological polar surface area (TPSA) is 197 Å². The van der Waals surface area contributed by atoms with Crippen LogP contribution < -0.4 is 18.9 Å². The van der Waals surface area contributed by atoms with Crippen LogP contribution in [0, 0.1) is 20.2 Å². The summed E-state index contributed by atoms with van der Waals surface area (Å²) in [4.78, 5) is 20.6. The lowest BCUT2D eigenvalue weighted by molar-refractivity contribution is -0.385. The van der Waals surface area contributed by atoms with Crippen LogP contribution >= 0.6 is 0 Å². The minimum absolute atomic E-state index is 0.0676. The van der Waals surface area contributed by atoms with Gasteiger partial charge in [0.15, 0.2) is 0 Å². The SMILES string of the molecule is COc1cc([N+](=O)[O-])ccc1NS(=O)(=O)CCCCCCCCCCCCS(=O)(=O)Nc1ccc([N+](=O)[O-])cc1OC. The molecule has 0 saturated heterocycles. The first-order valence-electron chi connectivity index (χ1n) is 13.5. The van der Waals surface area contributed by atoms with Crippen molar-refractivity contribution in [1.82, 2.24) is 0 Å². The fourth-order valence-corrected chi connectivity index (χ4v) is 6.57. The molecule has 0 atom stereocenters. The molecular weight excluding hydrogens is 592 g/mol. The number of nitro groups is 2. The normalized spacial score (nSPS) is 11.6. The van der Waals surface area contributed by atoms with Crippen LogP contribution in [-0.2, 0) is 20.0 Å². The van der Waals surface area contributed by atoms with Gasteiger partial charge in [0.05, 0.1) is 59.1 Å². The average Bonchev–Trinajstić information content (AvgIpc) is 2.93. The maximum atomic E-state index is 12.4. The first-order valence-corrected chi connectivity index (χ1v) is 16.8. The summed E-state index contributed by atoms with van der Waals surface area (Å²) in [6.45, 7) is 0. The molecular formula is C26H38N4O10S2. The fourth-order valence-electron chi connectivity index (χ4n) is 4.19. The molecule has 0 bridgehead atoms. The van der Waals surface area contributed by atoms with Gasteiger partial charge in [0.2, 0.25) is 20.0 Å². The number of hydrogen-bond acceptors (Lipinski definition) is 10. The van der Waals surface area contributed by atoms with E-state index in [0.717, 1.165) is 51.4 Å². The lowest BCUT2D eigenvalue weighted by atomic mass is 10.1. The Balaban J connectivity index is 1.56. The number of non-ortho nitro benzene ring substituents is 2. The van der Waals surface area contributed by atoms with Crippen LogP contribution in [0.2, 0.25) is 0 Å². The van der Waals surface area contributed by atoms with Gasteiger partial charge in [0.1, 0.15) is 11.5 Å². The van der Waals surface area contributed by atoms with Crippen molar-refractivity contribution in [1.29, 1.82) is 0 Å². The number of rotatable bonds is 21. The number of benzene rings is 2. The van der Waals surface area contributed by atoms with E-state index in [2.05, 4.69) is 9.44 Å². The largest absolute Gasteiger partial charge is 0.494 e. The Morgan fingerprint density at radius 3 is 1.19 bits per heavy atom. The quantitative estimate of drug-likeness (QED) is 0.0994. The van der Waals surface area contributed by atoms with Gasteiger partial charge in [-0.05, 0) is 25.0 Å². The molecule has 0 aliphatic heterocycles. The minimum Gasteiger partial charge on any atom is -0.494 e. The molecule has 0 spiro atoms. The molecule has 0 radical (unpaired) electrons. The molecule has 0 saturated carbocycles. The second kappa shape index (κ2) is 16.7. The van der Waals surface area contributed by atoms with Crippen LogP contribution in [-0.4, -0.2) is 52.4 Å². The zero-order valence-corrected chi connectivity index (χ0v) is 25.4. The molecule has 42 heavy (non-hydrogen) atoms. The highest BCUT2D eigenvalue weighted by atomic mass is 32.2. The zero-order valence-electron chi connectivity index (χ0n) is 23.7. The lowest BCUT2D eigenvalue weighted by Gasteiger charge is -2.11. The van der Waals surface area contributed by atoms with Gasteiger partial charge in [-0.1, -0.05) is 51.4 Å². The Labute approximate surface area is 246 Å². The van der Waals surface area contributed by atoms with E-state index in [0.29, 0.717) is 12.8 Å². The third-order valence-corrected chi connectivity index (χ3v) is 9.11. The summed E-state index contributed by atoms with van der Waals surface area (Å²) in [6.07, 6.45) is 8.22. The van der Waals surface area contributed by atoms with E-state index >= 15 is 0 Å². The Bertz CT molecular complexity index is 1310. The maximum absolute atomic E-state index is 12.4. The van der Waals surface area contributed by atoms with Gasteiger partial charge in [-0.3, -0.25) is 29.7 Å². The maximum Gasteiger partial charge on any atom is 0.273 e. The van der Waals surface area contributed by atoms with E-state index in [1.807, 2.05) is 0 Å². The highest BCUT2D eigenvalue weighted by Gasteiger charge is 2.18. The van der Waals surface area contributed by atoms with Crippen molar-refractivity contribution in [2.75, 3.05) is 35.2 Å². The van der Waals surface area contributed by atoms with Crippen LogP contribution in [0.4, 0.5) is 22.7 Å². The molecule has 2 rings (SSSR count). The molecule has 2 aromatic carbocycles. The summed E-state index contributed by atoms with van der Waals surface area (Å²) in [6, 6.07) is 7.37. The third kappa shape index (κ3) is 12.1. The van der Waals surface area contributed by atoms with Crippen molar-refractivity contribution in [3.8, 4) is 11.5 Å². The molecule has 2 aromatic rings. The lowest BCUT2D eigenvalue weighted by Crippen LogP contribution is -2.17. The molecule has 0 amide bonds. The van der Waals surface area contributed by atoms with Crippen LogP contribution in [0.5, 0.6) is 11.5 Å². The van der Waals surface area contributed by atoms with Crippen LogP contribution in [0.1, 0.15) is 64.2 Å². The van der Waals surface area contributed by atoms with Gasteiger partial charge in [-0.2, -0.15) is 0 Å². The number of nitrogens with one attached hydrogen (secondary N) is 2. The number of hydrogen-bond donors (Lipinski definition) is 2. The van der Waals surface area contributed by atoms with Crippen molar-refractivity contribution in [3.63, 3.8) is 0 Å².